The molecule has 0 spiro atoms. The molecule has 1 heterocycles. The molecule has 1 aliphatic rings. The summed E-state index contributed by atoms with van der Waals surface area (Å²) in [4.78, 5) is 4.63. The van der Waals surface area contributed by atoms with Gasteiger partial charge in [-0.05, 0) is 29.7 Å². The minimum atomic E-state index is -0.114. The average Bonchev–Trinajstić information content (AvgIpc) is 2.46. The van der Waals surface area contributed by atoms with E-state index in [0.717, 1.165) is 44.2 Å². The highest BCUT2D eigenvalue weighted by Gasteiger charge is 2.22. The number of anilines is 1. The molecule has 0 bridgehead atoms. The Balaban J connectivity index is 1.88. The zero-order valence-electron chi connectivity index (χ0n) is 12.4. The Morgan fingerprint density at radius 3 is 2.35 bits per heavy atom. The summed E-state index contributed by atoms with van der Waals surface area (Å²) in [6.45, 7) is 9.44. The number of hydrogen-bond acceptors (Lipinski definition) is 3. The summed E-state index contributed by atoms with van der Waals surface area (Å²) < 4.78 is 13.8. The molecule has 2 nitrogen and oxygen atoms in total. The zero-order valence-corrected chi connectivity index (χ0v) is 13.3. The van der Waals surface area contributed by atoms with Gasteiger partial charge in [0, 0.05) is 32.7 Å². The van der Waals surface area contributed by atoms with E-state index in [0.29, 0.717) is 11.8 Å². The van der Waals surface area contributed by atoms with Gasteiger partial charge in [0.25, 0.3) is 0 Å². The first kappa shape index (κ1) is 15.6. The zero-order chi connectivity index (χ0) is 14.5. The van der Waals surface area contributed by atoms with E-state index >= 15 is 0 Å². The van der Waals surface area contributed by atoms with Crippen LogP contribution in [0.3, 0.4) is 0 Å². The second-order valence-electron chi connectivity index (χ2n) is 5.93. The molecule has 1 atom stereocenters. The molecule has 2 rings (SSSR count). The number of halogens is 1. The van der Waals surface area contributed by atoms with Gasteiger partial charge in [-0.25, -0.2) is 4.39 Å². The number of hydrogen-bond donors (Lipinski definition) is 1. The molecule has 112 valence electrons. The maximum Gasteiger partial charge on any atom is 0.146 e. The molecule has 1 aromatic rings. The predicted molar refractivity (Wildman–Crippen MR) is 87.2 cm³/mol. The second-order valence-corrected chi connectivity index (χ2v) is 6.29. The van der Waals surface area contributed by atoms with Crippen molar-refractivity contribution in [3.63, 3.8) is 0 Å². The number of rotatable bonds is 5. The largest absolute Gasteiger partial charge is 0.367 e. The van der Waals surface area contributed by atoms with Crippen molar-refractivity contribution in [3.05, 3.63) is 30.1 Å². The number of thiol groups is 1. The van der Waals surface area contributed by atoms with Gasteiger partial charge in [-0.15, -0.1) is 0 Å². The van der Waals surface area contributed by atoms with Crippen LogP contribution in [0.25, 0.3) is 0 Å². The van der Waals surface area contributed by atoms with Crippen molar-refractivity contribution < 1.29 is 4.39 Å². The number of piperazine rings is 1. The first-order chi connectivity index (χ1) is 9.61. The van der Waals surface area contributed by atoms with Gasteiger partial charge in [-0.3, -0.25) is 4.90 Å². The minimum absolute atomic E-state index is 0.114. The summed E-state index contributed by atoms with van der Waals surface area (Å²) in [5.41, 5.74) is 0.738. The number of para-hydroxylation sites is 1. The van der Waals surface area contributed by atoms with Crippen LogP contribution in [0.2, 0.25) is 0 Å². The standard InChI is InChI=1S/C16H25FN2S/c1-13(2)14(12-20)11-18-7-9-19(10-8-18)16-6-4-3-5-15(16)17/h3-6,13-14,20H,7-12H2,1-2H3. The van der Waals surface area contributed by atoms with Crippen molar-refractivity contribution in [1.29, 1.82) is 0 Å². The third-order valence-electron chi connectivity index (χ3n) is 4.24. The molecule has 4 heteroatoms. The third-order valence-corrected chi connectivity index (χ3v) is 4.70. The Morgan fingerprint density at radius 1 is 1.15 bits per heavy atom. The van der Waals surface area contributed by atoms with Crippen molar-refractivity contribution in [3.8, 4) is 0 Å². The quantitative estimate of drug-likeness (QED) is 0.834. The highest BCUT2D eigenvalue weighted by atomic mass is 32.1. The van der Waals surface area contributed by atoms with E-state index in [1.165, 1.54) is 6.07 Å². The molecular weight excluding hydrogens is 271 g/mol. The van der Waals surface area contributed by atoms with Crippen LogP contribution in [0.4, 0.5) is 10.1 Å². The summed E-state index contributed by atoms with van der Waals surface area (Å²) >= 11 is 4.46. The molecule has 20 heavy (non-hydrogen) atoms. The number of benzene rings is 1. The molecule has 1 unspecified atom stereocenters. The Labute approximate surface area is 127 Å². The lowest BCUT2D eigenvalue weighted by Gasteiger charge is -2.38. The van der Waals surface area contributed by atoms with Crippen molar-refractivity contribution in [2.75, 3.05) is 43.4 Å². The summed E-state index contributed by atoms with van der Waals surface area (Å²) in [7, 11) is 0. The SMILES string of the molecule is CC(C)C(CS)CN1CCN(c2ccccc2F)CC1. The summed E-state index contributed by atoms with van der Waals surface area (Å²) in [5.74, 6) is 2.12. The maximum atomic E-state index is 13.8. The van der Waals surface area contributed by atoms with E-state index in [4.69, 9.17) is 0 Å². The van der Waals surface area contributed by atoms with Crippen molar-refractivity contribution in [2.24, 2.45) is 11.8 Å². The summed E-state index contributed by atoms with van der Waals surface area (Å²) in [5, 5.41) is 0. The normalized spacial score (nSPS) is 18.6. The van der Waals surface area contributed by atoms with Crippen LogP contribution in [0.5, 0.6) is 0 Å². The van der Waals surface area contributed by atoms with Gasteiger partial charge in [-0.1, -0.05) is 26.0 Å². The first-order valence-electron chi connectivity index (χ1n) is 7.44. The fraction of sp³-hybridized carbons (Fsp3) is 0.625. The molecule has 0 saturated carbocycles. The van der Waals surface area contributed by atoms with Crippen LogP contribution in [-0.2, 0) is 0 Å². The van der Waals surface area contributed by atoms with Gasteiger partial charge in [0.05, 0.1) is 5.69 Å². The fourth-order valence-corrected chi connectivity index (χ4v) is 3.23. The van der Waals surface area contributed by atoms with Gasteiger partial charge in [0.1, 0.15) is 5.82 Å². The molecular formula is C16H25FN2S. The molecule has 0 amide bonds. The molecule has 1 fully saturated rings. The van der Waals surface area contributed by atoms with E-state index in [-0.39, 0.29) is 5.82 Å². The Bertz CT molecular complexity index is 417. The molecule has 1 aromatic carbocycles. The van der Waals surface area contributed by atoms with Gasteiger partial charge < -0.3 is 4.90 Å². The van der Waals surface area contributed by atoms with E-state index in [1.54, 1.807) is 6.07 Å². The third kappa shape index (κ3) is 3.89. The second kappa shape index (κ2) is 7.32. The van der Waals surface area contributed by atoms with E-state index in [1.807, 2.05) is 12.1 Å². The van der Waals surface area contributed by atoms with E-state index < -0.39 is 0 Å². The van der Waals surface area contributed by atoms with Crippen LogP contribution < -0.4 is 4.90 Å². The molecule has 1 aliphatic heterocycles. The minimum Gasteiger partial charge on any atom is -0.367 e. The van der Waals surface area contributed by atoms with Crippen molar-refractivity contribution >= 4 is 18.3 Å². The molecule has 1 saturated heterocycles. The summed E-state index contributed by atoms with van der Waals surface area (Å²) in [6.07, 6.45) is 0. The maximum absolute atomic E-state index is 13.8. The van der Waals surface area contributed by atoms with E-state index in [9.17, 15) is 4.39 Å². The topological polar surface area (TPSA) is 6.48 Å². The van der Waals surface area contributed by atoms with Crippen LogP contribution in [-0.4, -0.2) is 43.4 Å². The summed E-state index contributed by atoms with van der Waals surface area (Å²) in [6, 6.07) is 7.06. The van der Waals surface area contributed by atoms with Crippen molar-refractivity contribution in [2.45, 2.75) is 13.8 Å². The van der Waals surface area contributed by atoms with Gasteiger partial charge >= 0.3 is 0 Å². The Kier molecular flexibility index (Phi) is 5.73. The Hall–Kier alpha value is -0.740. The van der Waals surface area contributed by atoms with Crippen LogP contribution >= 0.6 is 12.6 Å². The molecule has 0 radical (unpaired) electrons. The van der Waals surface area contributed by atoms with Gasteiger partial charge in [0.15, 0.2) is 0 Å². The van der Waals surface area contributed by atoms with E-state index in [2.05, 4.69) is 36.3 Å². The lowest BCUT2D eigenvalue weighted by atomic mass is 9.97. The van der Waals surface area contributed by atoms with Crippen molar-refractivity contribution in [1.82, 2.24) is 4.90 Å². The molecule has 0 N–H and O–H groups in total. The van der Waals surface area contributed by atoms with Crippen LogP contribution in [0.15, 0.2) is 24.3 Å². The van der Waals surface area contributed by atoms with Gasteiger partial charge in [-0.2, -0.15) is 12.6 Å². The highest BCUT2D eigenvalue weighted by Crippen LogP contribution is 2.21. The molecule has 0 aromatic heterocycles. The molecule has 0 aliphatic carbocycles. The Morgan fingerprint density at radius 2 is 1.80 bits per heavy atom. The van der Waals surface area contributed by atoms with Crippen LogP contribution in [0, 0.1) is 17.7 Å². The monoisotopic (exact) mass is 296 g/mol. The smallest absolute Gasteiger partial charge is 0.146 e. The highest BCUT2D eigenvalue weighted by molar-refractivity contribution is 7.80. The van der Waals surface area contributed by atoms with Crippen LogP contribution in [0.1, 0.15) is 13.8 Å². The number of nitrogens with zero attached hydrogens (tertiary/aromatic N) is 2. The average molecular weight is 296 g/mol. The lowest BCUT2D eigenvalue weighted by molar-refractivity contribution is 0.203. The predicted octanol–water partition coefficient (Wildman–Crippen LogP) is 3.15. The first-order valence-corrected chi connectivity index (χ1v) is 8.07. The lowest BCUT2D eigenvalue weighted by Crippen LogP contribution is -2.48. The fourth-order valence-electron chi connectivity index (χ4n) is 2.69. The van der Waals surface area contributed by atoms with Gasteiger partial charge in [0.2, 0.25) is 0 Å².